The SMILES string of the molecule is Cn1nnc2c1CCC(NC(=O)c1ccnc(NC(=O)C3CC3)c1)C2. The van der Waals surface area contributed by atoms with Crippen LogP contribution in [0, 0.1) is 5.92 Å². The number of aryl methyl sites for hydroxylation is 1. The van der Waals surface area contributed by atoms with Crippen LogP contribution in [0.25, 0.3) is 0 Å². The van der Waals surface area contributed by atoms with Gasteiger partial charge in [-0.05, 0) is 37.8 Å². The van der Waals surface area contributed by atoms with E-state index >= 15 is 0 Å². The summed E-state index contributed by atoms with van der Waals surface area (Å²) in [5, 5.41) is 14.0. The highest BCUT2D eigenvalue weighted by Crippen LogP contribution is 2.30. The van der Waals surface area contributed by atoms with Crippen molar-refractivity contribution in [2.45, 2.75) is 38.1 Å². The first-order chi connectivity index (χ1) is 12.1. The Bertz CT molecular complexity index is 826. The van der Waals surface area contributed by atoms with Crippen LogP contribution in [0.4, 0.5) is 5.82 Å². The lowest BCUT2D eigenvalue weighted by Crippen LogP contribution is -2.39. The van der Waals surface area contributed by atoms with Crippen LogP contribution in [0.15, 0.2) is 18.3 Å². The van der Waals surface area contributed by atoms with Crippen LogP contribution in [0.3, 0.4) is 0 Å². The molecule has 0 aliphatic heterocycles. The predicted molar refractivity (Wildman–Crippen MR) is 89.9 cm³/mol. The third-order valence-electron chi connectivity index (χ3n) is 4.75. The Morgan fingerprint density at radius 2 is 2.12 bits per heavy atom. The van der Waals surface area contributed by atoms with Crippen molar-refractivity contribution in [2.24, 2.45) is 13.0 Å². The van der Waals surface area contributed by atoms with Crippen LogP contribution in [-0.4, -0.2) is 37.8 Å². The summed E-state index contributed by atoms with van der Waals surface area (Å²) in [4.78, 5) is 28.5. The average molecular weight is 340 g/mol. The molecule has 2 aromatic heterocycles. The number of aromatic nitrogens is 4. The van der Waals surface area contributed by atoms with Gasteiger partial charge in [-0.3, -0.25) is 14.3 Å². The fourth-order valence-corrected chi connectivity index (χ4v) is 3.14. The van der Waals surface area contributed by atoms with Crippen molar-refractivity contribution in [2.75, 3.05) is 5.32 Å². The predicted octanol–water partition coefficient (Wildman–Crippen LogP) is 0.846. The van der Waals surface area contributed by atoms with Gasteiger partial charge in [0.05, 0.1) is 11.4 Å². The molecule has 0 aromatic carbocycles. The molecule has 2 N–H and O–H groups in total. The summed E-state index contributed by atoms with van der Waals surface area (Å²) in [5.41, 5.74) is 2.58. The monoisotopic (exact) mass is 340 g/mol. The number of fused-ring (bicyclic) bond motifs is 1. The van der Waals surface area contributed by atoms with Gasteiger partial charge in [0, 0.05) is 37.2 Å². The average Bonchev–Trinajstić information content (AvgIpc) is 3.40. The van der Waals surface area contributed by atoms with Crippen molar-refractivity contribution < 1.29 is 9.59 Å². The summed E-state index contributed by atoms with van der Waals surface area (Å²) in [7, 11) is 1.89. The fraction of sp³-hybridized carbons (Fsp3) is 0.471. The molecule has 4 rings (SSSR count). The van der Waals surface area contributed by atoms with Crippen molar-refractivity contribution in [1.82, 2.24) is 25.3 Å². The van der Waals surface area contributed by atoms with E-state index in [0.29, 0.717) is 17.8 Å². The number of rotatable bonds is 4. The van der Waals surface area contributed by atoms with E-state index in [0.717, 1.165) is 37.1 Å². The quantitative estimate of drug-likeness (QED) is 0.859. The molecule has 2 aromatic rings. The van der Waals surface area contributed by atoms with Gasteiger partial charge in [-0.25, -0.2) is 4.98 Å². The van der Waals surface area contributed by atoms with Crippen LogP contribution in [-0.2, 0) is 24.7 Å². The van der Waals surface area contributed by atoms with Crippen LogP contribution in [0.1, 0.15) is 41.0 Å². The van der Waals surface area contributed by atoms with E-state index in [4.69, 9.17) is 0 Å². The number of nitrogens with zero attached hydrogens (tertiary/aromatic N) is 4. The third-order valence-corrected chi connectivity index (χ3v) is 4.75. The summed E-state index contributed by atoms with van der Waals surface area (Å²) in [6, 6.07) is 3.31. The van der Waals surface area contributed by atoms with Crippen LogP contribution >= 0.6 is 0 Å². The molecule has 0 spiro atoms. The minimum absolute atomic E-state index is 0.0208. The van der Waals surface area contributed by atoms with E-state index in [1.54, 1.807) is 23.0 Å². The van der Waals surface area contributed by atoms with Gasteiger partial charge >= 0.3 is 0 Å². The second kappa shape index (κ2) is 6.27. The summed E-state index contributed by atoms with van der Waals surface area (Å²) in [6.45, 7) is 0. The van der Waals surface area contributed by atoms with Gasteiger partial charge in [0.1, 0.15) is 5.82 Å². The summed E-state index contributed by atoms with van der Waals surface area (Å²) >= 11 is 0. The van der Waals surface area contributed by atoms with Gasteiger partial charge in [-0.2, -0.15) is 0 Å². The molecule has 25 heavy (non-hydrogen) atoms. The van der Waals surface area contributed by atoms with Gasteiger partial charge in [-0.15, -0.1) is 5.10 Å². The highest BCUT2D eigenvalue weighted by Gasteiger charge is 2.30. The summed E-state index contributed by atoms with van der Waals surface area (Å²) in [5.74, 6) is 0.335. The second-order valence-corrected chi connectivity index (χ2v) is 6.71. The van der Waals surface area contributed by atoms with E-state index in [9.17, 15) is 9.59 Å². The normalized spacial score (nSPS) is 19.2. The number of amides is 2. The third kappa shape index (κ3) is 3.38. The lowest BCUT2D eigenvalue weighted by Gasteiger charge is -2.22. The fourth-order valence-electron chi connectivity index (χ4n) is 3.14. The standard InChI is InChI=1S/C17H20N6O2/c1-23-14-5-4-12(9-13(14)21-22-23)19-17(25)11-6-7-18-15(8-11)20-16(24)10-2-3-10/h6-8,10,12H,2-5,9H2,1H3,(H,19,25)(H,18,20,24). The van der Waals surface area contributed by atoms with Gasteiger partial charge in [0.15, 0.2) is 0 Å². The van der Waals surface area contributed by atoms with Gasteiger partial charge in [0.25, 0.3) is 5.91 Å². The van der Waals surface area contributed by atoms with E-state index in [2.05, 4.69) is 25.9 Å². The molecule has 0 bridgehead atoms. The first-order valence-corrected chi connectivity index (χ1v) is 8.55. The molecule has 1 saturated carbocycles. The Morgan fingerprint density at radius 1 is 1.28 bits per heavy atom. The van der Waals surface area contributed by atoms with E-state index < -0.39 is 0 Å². The maximum atomic E-state index is 12.5. The molecule has 2 aliphatic rings. The Labute approximate surface area is 145 Å². The molecule has 2 amide bonds. The van der Waals surface area contributed by atoms with Crippen molar-refractivity contribution in [3.63, 3.8) is 0 Å². The zero-order valence-corrected chi connectivity index (χ0v) is 14.0. The largest absolute Gasteiger partial charge is 0.349 e. The number of carbonyl (C=O) groups is 2. The Morgan fingerprint density at radius 3 is 2.92 bits per heavy atom. The van der Waals surface area contributed by atoms with Crippen LogP contribution in [0.5, 0.6) is 0 Å². The van der Waals surface area contributed by atoms with E-state index in [-0.39, 0.29) is 23.8 Å². The van der Waals surface area contributed by atoms with Gasteiger partial charge in [-0.1, -0.05) is 5.21 Å². The number of pyridine rings is 1. The summed E-state index contributed by atoms with van der Waals surface area (Å²) in [6.07, 6.45) is 5.79. The Hall–Kier alpha value is -2.77. The molecule has 8 heteroatoms. The first kappa shape index (κ1) is 15.7. The molecule has 0 saturated heterocycles. The number of anilines is 1. The molecule has 1 fully saturated rings. The maximum absolute atomic E-state index is 12.5. The van der Waals surface area contributed by atoms with E-state index in [1.807, 2.05) is 7.05 Å². The highest BCUT2D eigenvalue weighted by molar-refractivity contribution is 5.97. The lowest BCUT2D eigenvalue weighted by atomic mass is 9.95. The molecule has 2 aliphatic carbocycles. The molecule has 1 atom stereocenters. The second-order valence-electron chi connectivity index (χ2n) is 6.71. The minimum atomic E-state index is -0.165. The number of hydrogen-bond acceptors (Lipinski definition) is 5. The first-order valence-electron chi connectivity index (χ1n) is 8.55. The highest BCUT2D eigenvalue weighted by atomic mass is 16.2. The van der Waals surface area contributed by atoms with Crippen LogP contribution < -0.4 is 10.6 Å². The molecule has 0 radical (unpaired) electrons. The van der Waals surface area contributed by atoms with Crippen molar-refractivity contribution in [3.8, 4) is 0 Å². The zero-order chi connectivity index (χ0) is 17.4. The topological polar surface area (TPSA) is 102 Å². The number of hydrogen-bond donors (Lipinski definition) is 2. The van der Waals surface area contributed by atoms with E-state index in [1.165, 1.54) is 0 Å². The molecule has 8 nitrogen and oxygen atoms in total. The Kier molecular flexibility index (Phi) is 3.95. The maximum Gasteiger partial charge on any atom is 0.251 e. The van der Waals surface area contributed by atoms with Crippen LogP contribution in [0.2, 0.25) is 0 Å². The minimum Gasteiger partial charge on any atom is -0.349 e. The number of nitrogens with one attached hydrogen (secondary N) is 2. The molecular formula is C17H20N6O2. The van der Waals surface area contributed by atoms with Gasteiger partial charge in [0.2, 0.25) is 5.91 Å². The lowest BCUT2D eigenvalue weighted by molar-refractivity contribution is -0.117. The van der Waals surface area contributed by atoms with Gasteiger partial charge < -0.3 is 10.6 Å². The molecule has 1 unspecified atom stereocenters. The van der Waals surface area contributed by atoms with Crippen molar-refractivity contribution in [3.05, 3.63) is 35.3 Å². The molecular weight excluding hydrogens is 320 g/mol. The molecule has 2 heterocycles. The van der Waals surface area contributed by atoms with Crippen molar-refractivity contribution >= 4 is 17.6 Å². The Balaban J connectivity index is 1.40. The summed E-state index contributed by atoms with van der Waals surface area (Å²) < 4.78 is 1.80. The zero-order valence-electron chi connectivity index (χ0n) is 14.0. The number of carbonyl (C=O) groups excluding carboxylic acids is 2. The van der Waals surface area contributed by atoms with Crippen molar-refractivity contribution in [1.29, 1.82) is 0 Å². The smallest absolute Gasteiger partial charge is 0.251 e. The molecule has 130 valence electrons.